The average Bonchev–Trinajstić information content (AvgIpc) is 2.63. The van der Waals surface area contributed by atoms with Gasteiger partial charge in [-0.3, -0.25) is 9.80 Å². The average molecular weight is 350 g/mol. The van der Waals surface area contributed by atoms with Crippen LogP contribution in [0, 0.1) is 6.92 Å². The molecule has 0 atom stereocenters. The number of rotatable bonds is 8. The number of nitrogens with one attached hydrogen (secondary N) is 2. The van der Waals surface area contributed by atoms with Gasteiger partial charge in [-0.25, -0.2) is 9.97 Å². The molecule has 25 heavy (non-hydrogen) atoms. The lowest BCUT2D eigenvalue weighted by Crippen LogP contribution is -2.39. The Kier molecular flexibility index (Phi) is 7.22. The molecule has 1 aromatic heterocycles. The Morgan fingerprint density at radius 3 is 1.72 bits per heavy atom. The zero-order chi connectivity index (χ0) is 17.3. The van der Waals surface area contributed by atoms with Crippen molar-refractivity contribution in [3.05, 3.63) is 11.9 Å². The van der Waals surface area contributed by atoms with Crippen molar-refractivity contribution < 1.29 is 9.47 Å². The number of hydrogen-bond acceptors (Lipinski definition) is 8. The summed E-state index contributed by atoms with van der Waals surface area (Å²) in [5, 5.41) is 6.82. The quantitative estimate of drug-likeness (QED) is 0.692. The molecule has 8 nitrogen and oxygen atoms in total. The fraction of sp³-hybridized carbons (Fsp3) is 0.765. The molecule has 3 heterocycles. The van der Waals surface area contributed by atoms with Crippen LogP contribution in [-0.2, 0) is 9.47 Å². The van der Waals surface area contributed by atoms with Gasteiger partial charge in [0.25, 0.3) is 0 Å². The van der Waals surface area contributed by atoms with Gasteiger partial charge >= 0.3 is 0 Å². The smallest absolute Gasteiger partial charge is 0.131 e. The summed E-state index contributed by atoms with van der Waals surface area (Å²) in [5.74, 6) is 2.55. The van der Waals surface area contributed by atoms with Crippen LogP contribution in [-0.4, -0.2) is 98.6 Å². The molecule has 2 saturated heterocycles. The molecule has 0 spiro atoms. The van der Waals surface area contributed by atoms with E-state index in [1.54, 1.807) is 0 Å². The van der Waals surface area contributed by atoms with Gasteiger partial charge in [0.15, 0.2) is 0 Å². The molecule has 2 aliphatic rings. The SMILES string of the molecule is Cc1nc(NCCN2CCOCC2)cc(NCCN2CCOCC2)n1. The molecular formula is C17H30N6O2. The molecule has 8 heteroatoms. The molecule has 0 amide bonds. The first-order valence-corrected chi connectivity index (χ1v) is 9.23. The predicted molar refractivity (Wildman–Crippen MR) is 98.3 cm³/mol. The van der Waals surface area contributed by atoms with Gasteiger partial charge in [0.05, 0.1) is 26.4 Å². The number of aromatic nitrogens is 2. The normalized spacial score (nSPS) is 19.7. The van der Waals surface area contributed by atoms with Crippen molar-refractivity contribution in [2.45, 2.75) is 6.92 Å². The molecule has 0 unspecified atom stereocenters. The highest BCUT2D eigenvalue weighted by molar-refractivity contribution is 5.47. The third-order valence-electron chi connectivity index (χ3n) is 4.51. The Hall–Kier alpha value is -1.48. The van der Waals surface area contributed by atoms with Crippen LogP contribution in [0.4, 0.5) is 11.6 Å². The summed E-state index contributed by atoms with van der Waals surface area (Å²) in [7, 11) is 0. The van der Waals surface area contributed by atoms with Crippen molar-refractivity contribution in [2.24, 2.45) is 0 Å². The van der Waals surface area contributed by atoms with E-state index in [0.717, 1.165) is 96.2 Å². The second-order valence-electron chi connectivity index (χ2n) is 6.45. The van der Waals surface area contributed by atoms with Crippen molar-refractivity contribution in [1.82, 2.24) is 19.8 Å². The molecule has 2 N–H and O–H groups in total. The van der Waals surface area contributed by atoms with Crippen LogP contribution < -0.4 is 10.6 Å². The Balaban J connectivity index is 1.41. The Labute approximate surface area is 149 Å². The first-order valence-electron chi connectivity index (χ1n) is 9.23. The van der Waals surface area contributed by atoms with E-state index in [0.29, 0.717) is 0 Å². The standard InChI is InChI=1S/C17H30N6O2/c1-15-20-16(18-2-4-22-6-10-24-11-7-22)14-17(21-15)19-3-5-23-8-12-25-13-9-23/h14H,2-13H2,1H3,(H2,18,19,20,21). The predicted octanol–water partition coefficient (Wildman–Crippen LogP) is 0.273. The van der Waals surface area contributed by atoms with Gasteiger partial charge < -0.3 is 20.1 Å². The van der Waals surface area contributed by atoms with Crippen LogP contribution in [0.25, 0.3) is 0 Å². The first kappa shape index (κ1) is 18.3. The number of nitrogens with zero attached hydrogens (tertiary/aromatic N) is 4. The summed E-state index contributed by atoms with van der Waals surface area (Å²) >= 11 is 0. The van der Waals surface area contributed by atoms with Crippen LogP contribution in [0.2, 0.25) is 0 Å². The summed E-state index contributed by atoms with van der Waals surface area (Å²) in [4.78, 5) is 13.8. The van der Waals surface area contributed by atoms with Crippen molar-refractivity contribution in [1.29, 1.82) is 0 Å². The number of anilines is 2. The fourth-order valence-corrected chi connectivity index (χ4v) is 3.08. The molecule has 0 bridgehead atoms. The summed E-state index contributed by atoms with van der Waals surface area (Å²) in [6.45, 7) is 13.1. The minimum absolute atomic E-state index is 0.783. The number of hydrogen-bond donors (Lipinski definition) is 2. The van der Waals surface area contributed by atoms with Gasteiger partial charge in [-0.15, -0.1) is 0 Å². The van der Waals surface area contributed by atoms with Crippen molar-refractivity contribution in [3.63, 3.8) is 0 Å². The second-order valence-corrected chi connectivity index (χ2v) is 6.45. The molecule has 2 fully saturated rings. The van der Waals surface area contributed by atoms with Crippen molar-refractivity contribution in [3.8, 4) is 0 Å². The monoisotopic (exact) mass is 350 g/mol. The highest BCUT2D eigenvalue weighted by Crippen LogP contribution is 2.11. The maximum Gasteiger partial charge on any atom is 0.131 e. The van der Waals surface area contributed by atoms with E-state index >= 15 is 0 Å². The third kappa shape index (κ3) is 6.39. The van der Waals surface area contributed by atoms with Crippen molar-refractivity contribution >= 4 is 11.6 Å². The van der Waals surface area contributed by atoms with Crippen LogP contribution in [0.3, 0.4) is 0 Å². The molecule has 140 valence electrons. The summed E-state index contributed by atoms with van der Waals surface area (Å²) in [5.41, 5.74) is 0. The molecule has 0 saturated carbocycles. The summed E-state index contributed by atoms with van der Waals surface area (Å²) < 4.78 is 10.8. The lowest BCUT2D eigenvalue weighted by atomic mass is 10.4. The second kappa shape index (κ2) is 9.86. The molecule has 3 rings (SSSR count). The lowest BCUT2D eigenvalue weighted by Gasteiger charge is -2.26. The highest BCUT2D eigenvalue weighted by atomic mass is 16.5. The van der Waals surface area contributed by atoms with Crippen LogP contribution in [0.15, 0.2) is 6.07 Å². The third-order valence-corrected chi connectivity index (χ3v) is 4.51. The molecule has 2 aliphatic heterocycles. The first-order chi connectivity index (χ1) is 12.3. The maximum absolute atomic E-state index is 5.38. The van der Waals surface area contributed by atoms with E-state index in [1.807, 2.05) is 13.0 Å². The van der Waals surface area contributed by atoms with Gasteiger partial charge in [-0.2, -0.15) is 0 Å². The molecule has 0 radical (unpaired) electrons. The zero-order valence-electron chi connectivity index (χ0n) is 15.2. The number of morpholine rings is 2. The van der Waals surface area contributed by atoms with Gasteiger partial charge in [-0.1, -0.05) is 0 Å². The Morgan fingerprint density at radius 1 is 0.840 bits per heavy atom. The Bertz CT molecular complexity index is 476. The van der Waals surface area contributed by atoms with E-state index in [1.165, 1.54) is 0 Å². The molecule has 0 aliphatic carbocycles. The molecule has 1 aromatic rings. The van der Waals surface area contributed by atoms with Crippen LogP contribution >= 0.6 is 0 Å². The largest absolute Gasteiger partial charge is 0.379 e. The van der Waals surface area contributed by atoms with E-state index < -0.39 is 0 Å². The van der Waals surface area contributed by atoms with E-state index in [2.05, 4.69) is 30.4 Å². The van der Waals surface area contributed by atoms with Gasteiger partial charge in [0.1, 0.15) is 17.5 Å². The van der Waals surface area contributed by atoms with E-state index in [4.69, 9.17) is 9.47 Å². The number of aryl methyl sites for hydroxylation is 1. The summed E-state index contributed by atoms with van der Waals surface area (Å²) in [6, 6.07) is 1.99. The maximum atomic E-state index is 5.38. The minimum Gasteiger partial charge on any atom is -0.379 e. The van der Waals surface area contributed by atoms with Crippen molar-refractivity contribution in [2.75, 3.05) is 89.4 Å². The number of ether oxygens (including phenoxy) is 2. The van der Waals surface area contributed by atoms with Gasteiger partial charge in [-0.05, 0) is 6.92 Å². The van der Waals surface area contributed by atoms with Gasteiger partial charge in [0.2, 0.25) is 0 Å². The minimum atomic E-state index is 0.783. The van der Waals surface area contributed by atoms with Crippen LogP contribution in [0.1, 0.15) is 5.82 Å². The summed E-state index contributed by atoms with van der Waals surface area (Å²) in [6.07, 6.45) is 0. The van der Waals surface area contributed by atoms with Gasteiger partial charge in [0, 0.05) is 58.4 Å². The lowest BCUT2D eigenvalue weighted by molar-refractivity contribution is 0.0398. The van der Waals surface area contributed by atoms with Crippen LogP contribution in [0.5, 0.6) is 0 Å². The highest BCUT2D eigenvalue weighted by Gasteiger charge is 2.11. The topological polar surface area (TPSA) is 74.8 Å². The van der Waals surface area contributed by atoms with E-state index in [9.17, 15) is 0 Å². The molecular weight excluding hydrogens is 320 g/mol. The Morgan fingerprint density at radius 2 is 1.28 bits per heavy atom. The van der Waals surface area contributed by atoms with E-state index in [-0.39, 0.29) is 0 Å². The molecule has 0 aromatic carbocycles. The zero-order valence-corrected chi connectivity index (χ0v) is 15.2. The fourth-order valence-electron chi connectivity index (χ4n) is 3.08.